The zero-order valence-corrected chi connectivity index (χ0v) is 22.3. The van der Waals surface area contributed by atoms with Gasteiger partial charge in [0.25, 0.3) is 0 Å². The molecule has 1 saturated carbocycles. The highest BCUT2D eigenvalue weighted by Crippen LogP contribution is 2.45. The van der Waals surface area contributed by atoms with Crippen LogP contribution in [0.1, 0.15) is 73.2 Å². The zero-order chi connectivity index (χ0) is 28.3. The third-order valence-electron chi connectivity index (χ3n) is 7.35. The van der Waals surface area contributed by atoms with Gasteiger partial charge < -0.3 is 23.6 Å². The van der Waals surface area contributed by atoms with Crippen LogP contribution in [0.3, 0.4) is 0 Å². The maximum absolute atomic E-state index is 13.0. The van der Waals surface area contributed by atoms with Crippen molar-refractivity contribution in [3.05, 3.63) is 53.7 Å². The Labute approximate surface area is 229 Å². The van der Waals surface area contributed by atoms with Gasteiger partial charge >= 0.3 is 12.3 Å². The van der Waals surface area contributed by atoms with E-state index in [0.29, 0.717) is 35.9 Å². The molecule has 2 aliphatic rings. The van der Waals surface area contributed by atoms with Crippen molar-refractivity contribution in [1.82, 2.24) is 15.1 Å². The predicted octanol–water partition coefficient (Wildman–Crippen LogP) is 6.05. The molecule has 0 amide bonds. The Kier molecular flexibility index (Phi) is 8.24. The van der Waals surface area contributed by atoms with E-state index in [1.807, 2.05) is 0 Å². The standard InChI is InChI=1S/C28H31F3N4O5/c1-3-18-10-11-19(35(18)24-15-32-14-22(33-24)27(36)37-2)12-13-38-16-21-25(34-40-26(21)17-8-9-17)20-6-4-5-7-23(20)39-28(29,30)31/h4-7,14-15,17-19H,3,8-13,16H2,1-2H3/t18?,19-/m0/s1. The van der Waals surface area contributed by atoms with Gasteiger partial charge in [-0.25, -0.2) is 9.78 Å². The minimum atomic E-state index is -4.83. The van der Waals surface area contributed by atoms with Crippen molar-refractivity contribution in [3.63, 3.8) is 0 Å². The number of alkyl halides is 3. The Morgan fingerprint density at radius 3 is 2.62 bits per heavy atom. The number of benzene rings is 1. The summed E-state index contributed by atoms with van der Waals surface area (Å²) < 4.78 is 59.9. The summed E-state index contributed by atoms with van der Waals surface area (Å²) >= 11 is 0. The van der Waals surface area contributed by atoms with Crippen LogP contribution >= 0.6 is 0 Å². The van der Waals surface area contributed by atoms with Gasteiger partial charge in [0.2, 0.25) is 0 Å². The molecule has 1 aromatic carbocycles. The predicted molar refractivity (Wildman–Crippen MR) is 138 cm³/mol. The first-order chi connectivity index (χ1) is 19.3. The van der Waals surface area contributed by atoms with Gasteiger partial charge in [-0.1, -0.05) is 24.2 Å². The summed E-state index contributed by atoms with van der Waals surface area (Å²) in [6, 6.07) is 6.28. The van der Waals surface area contributed by atoms with Crippen LogP contribution in [0.25, 0.3) is 11.3 Å². The van der Waals surface area contributed by atoms with E-state index in [1.165, 1.54) is 31.5 Å². The summed E-state index contributed by atoms with van der Waals surface area (Å²) in [6.07, 6.45) is 3.58. The van der Waals surface area contributed by atoms with Crippen LogP contribution in [0.2, 0.25) is 0 Å². The van der Waals surface area contributed by atoms with Gasteiger partial charge in [-0.3, -0.25) is 4.98 Å². The van der Waals surface area contributed by atoms with Gasteiger partial charge in [0.05, 0.1) is 26.1 Å². The SMILES string of the molecule is CCC1CC[C@@H](CCOCc2c(-c3ccccc3OC(F)(F)F)noc2C2CC2)N1c1cncc(C(=O)OC)n1. The lowest BCUT2D eigenvalue weighted by molar-refractivity contribution is -0.274. The second-order valence-electron chi connectivity index (χ2n) is 9.99. The molecule has 3 heterocycles. The van der Waals surface area contributed by atoms with Crippen LogP contribution in [0.5, 0.6) is 5.75 Å². The van der Waals surface area contributed by atoms with Gasteiger partial charge in [0, 0.05) is 35.7 Å². The molecule has 0 spiro atoms. The number of nitrogens with zero attached hydrogens (tertiary/aromatic N) is 4. The maximum Gasteiger partial charge on any atom is 0.573 e. The second-order valence-corrected chi connectivity index (χ2v) is 9.99. The number of anilines is 1. The average molecular weight is 561 g/mol. The Balaban J connectivity index is 1.29. The van der Waals surface area contributed by atoms with Crippen LogP contribution in [-0.4, -0.2) is 53.3 Å². The number of aromatic nitrogens is 3. The summed E-state index contributed by atoms with van der Waals surface area (Å²) in [5.74, 6) is 0.581. The lowest BCUT2D eigenvalue weighted by Crippen LogP contribution is -2.37. The van der Waals surface area contributed by atoms with Crippen LogP contribution in [0, 0.1) is 0 Å². The highest BCUT2D eigenvalue weighted by atomic mass is 19.4. The molecule has 214 valence electrons. The van der Waals surface area contributed by atoms with E-state index < -0.39 is 12.3 Å². The van der Waals surface area contributed by atoms with E-state index in [1.54, 1.807) is 12.3 Å². The third-order valence-corrected chi connectivity index (χ3v) is 7.35. The molecule has 2 atom stereocenters. The van der Waals surface area contributed by atoms with Gasteiger partial charge in [0.15, 0.2) is 5.69 Å². The number of esters is 1. The second kappa shape index (κ2) is 11.8. The number of para-hydroxylation sites is 1. The minimum absolute atomic E-state index is 0.123. The fraction of sp³-hybridized carbons (Fsp3) is 0.500. The quantitative estimate of drug-likeness (QED) is 0.205. The topological polar surface area (TPSA) is 99.8 Å². The van der Waals surface area contributed by atoms with Crippen LogP contribution < -0.4 is 9.64 Å². The lowest BCUT2D eigenvalue weighted by Gasteiger charge is -2.31. The summed E-state index contributed by atoms with van der Waals surface area (Å²) in [7, 11) is 1.30. The van der Waals surface area contributed by atoms with Gasteiger partial charge in [-0.15, -0.1) is 13.2 Å². The number of carbonyl (C=O) groups is 1. The molecule has 12 heteroatoms. The number of carbonyl (C=O) groups excluding carboxylic acids is 1. The summed E-state index contributed by atoms with van der Waals surface area (Å²) in [5.41, 5.74) is 1.29. The maximum atomic E-state index is 13.0. The highest BCUT2D eigenvalue weighted by Gasteiger charge is 2.36. The van der Waals surface area contributed by atoms with E-state index >= 15 is 0 Å². The molecule has 1 unspecified atom stereocenters. The molecule has 0 radical (unpaired) electrons. The monoisotopic (exact) mass is 560 g/mol. The molecule has 3 aromatic rings. The Hall–Kier alpha value is -3.67. The van der Waals surface area contributed by atoms with Crippen LogP contribution in [-0.2, 0) is 16.1 Å². The fourth-order valence-electron chi connectivity index (χ4n) is 5.31. The molecule has 5 rings (SSSR count). The Bertz CT molecular complexity index is 1330. The Morgan fingerprint density at radius 2 is 1.90 bits per heavy atom. The molecule has 40 heavy (non-hydrogen) atoms. The van der Waals surface area contributed by atoms with E-state index in [9.17, 15) is 18.0 Å². The Morgan fingerprint density at radius 1 is 1.12 bits per heavy atom. The van der Waals surface area contributed by atoms with Crippen molar-refractivity contribution < 1.29 is 36.7 Å². The summed E-state index contributed by atoms with van der Waals surface area (Å²) in [4.78, 5) is 22.9. The largest absolute Gasteiger partial charge is 0.573 e. The summed E-state index contributed by atoms with van der Waals surface area (Å²) in [5, 5.41) is 4.13. The zero-order valence-electron chi connectivity index (χ0n) is 22.3. The van der Waals surface area contributed by atoms with E-state index in [4.69, 9.17) is 14.0 Å². The van der Waals surface area contributed by atoms with Crippen molar-refractivity contribution in [2.24, 2.45) is 0 Å². The molecule has 1 aliphatic carbocycles. The first kappa shape index (κ1) is 27.9. The molecule has 9 nitrogen and oxygen atoms in total. The van der Waals surface area contributed by atoms with Crippen molar-refractivity contribution in [1.29, 1.82) is 0 Å². The number of halogens is 3. The van der Waals surface area contributed by atoms with Gasteiger partial charge in [-0.05, 0) is 50.7 Å². The average Bonchev–Trinajstić information content (AvgIpc) is 3.57. The van der Waals surface area contributed by atoms with Crippen LogP contribution in [0.15, 0.2) is 41.2 Å². The minimum Gasteiger partial charge on any atom is -0.464 e. The molecular weight excluding hydrogens is 529 g/mol. The van der Waals surface area contributed by atoms with E-state index in [0.717, 1.165) is 32.1 Å². The molecule has 2 fully saturated rings. The molecule has 0 N–H and O–H groups in total. The highest BCUT2D eigenvalue weighted by molar-refractivity contribution is 5.87. The smallest absolute Gasteiger partial charge is 0.464 e. The normalized spacial score (nSPS) is 19.2. The number of methoxy groups -OCH3 is 1. The first-order valence-corrected chi connectivity index (χ1v) is 13.4. The molecular formula is C28H31F3N4O5. The number of hydrogen-bond acceptors (Lipinski definition) is 9. The molecule has 0 bridgehead atoms. The number of hydrogen-bond donors (Lipinski definition) is 0. The molecule has 2 aromatic heterocycles. The van der Waals surface area contributed by atoms with Crippen molar-refractivity contribution in [2.45, 2.75) is 76.4 Å². The van der Waals surface area contributed by atoms with E-state index in [-0.39, 0.29) is 41.6 Å². The van der Waals surface area contributed by atoms with Gasteiger partial charge in [-0.2, -0.15) is 0 Å². The summed E-state index contributed by atoms with van der Waals surface area (Å²) in [6.45, 7) is 2.66. The van der Waals surface area contributed by atoms with Crippen molar-refractivity contribution >= 4 is 11.8 Å². The lowest BCUT2D eigenvalue weighted by atomic mass is 10.0. The number of rotatable bonds is 11. The van der Waals surface area contributed by atoms with Crippen molar-refractivity contribution in [3.8, 4) is 17.0 Å². The molecule has 1 saturated heterocycles. The van der Waals surface area contributed by atoms with Gasteiger partial charge in [0.1, 0.15) is 23.0 Å². The first-order valence-electron chi connectivity index (χ1n) is 13.4. The third kappa shape index (κ3) is 6.22. The molecule has 1 aliphatic heterocycles. The fourth-order valence-corrected chi connectivity index (χ4v) is 5.31. The van der Waals surface area contributed by atoms with Crippen LogP contribution in [0.4, 0.5) is 19.0 Å². The number of ether oxygens (including phenoxy) is 3. The van der Waals surface area contributed by atoms with Crippen molar-refractivity contribution in [2.75, 3.05) is 18.6 Å². The van der Waals surface area contributed by atoms with E-state index in [2.05, 4.69) is 31.7 Å².